The summed E-state index contributed by atoms with van der Waals surface area (Å²) in [7, 11) is 1.67. The molecule has 4 heteroatoms. The van der Waals surface area contributed by atoms with Crippen molar-refractivity contribution in [1.29, 1.82) is 0 Å². The minimum Gasteiger partial charge on any atom is -0.496 e. The second-order valence-electron chi connectivity index (χ2n) is 5.69. The Morgan fingerprint density at radius 2 is 2.05 bits per heavy atom. The van der Waals surface area contributed by atoms with Gasteiger partial charge in [0.25, 0.3) is 0 Å². The molecule has 2 aromatic rings. The van der Waals surface area contributed by atoms with Crippen molar-refractivity contribution >= 4 is 5.88 Å². The van der Waals surface area contributed by atoms with E-state index in [1.54, 1.807) is 7.11 Å². The lowest BCUT2D eigenvalue weighted by atomic mass is 9.82. The zero-order chi connectivity index (χ0) is 14.9. The van der Waals surface area contributed by atoms with Gasteiger partial charge in [0.15, 0.2) is 0 Å². The van der Waals surface area contributed by atoms with Crippen LogP contribution in [0.25, 0.3) is 11.1 Å². The Morgan fingerprint density at radius 3 is 2.65 bits per heavy atom. The standard InChI is InChI=1S/C16H22N2O2/c1-6-16(3,4)14-13(15(17)20-18-14)11-8-7-10(2)12(9-11)19-5/h7-9H,6,17H2,1-5H3. The van der Waals surface area contributed by atoms with Crippen LogP contribution in [0.4, 0.5) is 5.88 Å². The molecule has 0 spiro atoms. The van der Waals surface area contributed by atoms with E-state index in [4.69, 9.17) is 15.0 Å². The van der Waals surface area contributed by atoms with Crippen LogP contribution in [0.5, 0.6) is 5.75 Å². The van der Waals surface area contributed by atoms with Gasteiger partial charge in [0, 0.05) is 5.41 Å². The van der Waals surface area contributed by atoms with Crippen molar-refractivity contribution in [3.05, 3.63) is 29.5 Å². The van der Waals surface area contributed by atoms with Gasteiger partial charge in [-0.15, -0.1) is 0 Å². The third-order valence-electron chi connectivity index (χ3n) is 3.94. The summed E-state index contributed by atoms with van der Waals surface area (Å²) >= 11 is 0. The summed E-state index contributed by atoms with van der Waals surface area (Å²) < 4.78 is 10.6. The van der Waals surface area contributed by atoms with Gasteiger partial charge in [-0.05, 0) is 30.5 Å². The molecule has 0 aliphatic carbocycles. The maximum atomic E-state index is 5.98. The Morgan fingerprint density at radius 1 is 1.35 bits per heavy atom. The fourth-order valence-corrected chi connectivity index (χ4v) is 2.19. The number of rotatable bonds is 4. The number of hydrogen-bond donors (Lipinski definition) is 1. The number of anilines is 1. The number of methoxy groups -OCH3 is 1. The van der Waals surface area contributed by atoms with Gasteiger partial charge in [-0.25, -0.2) is 0 Å². The summed E-state index contributed by atoms with van der Waals surface area (Å²) in [6, 6.07) is 6.02. The Labute approximate surface area is 119 Å². The van der Waals surface area contributed by atoms with E-state index in [0.29, 0.717) is 5.88 Å². The normalized spacial score (nSPS) is 11.7. The summed E-state index contributed by atoms with van der Waals surface area (Å²) in [5.74, 6) is 1.19. The predicted octanol–water partition coefficient (Wildman–Crippen LogP) is 3.93. The number of ether oxygens (including phenoxy) is 1. The second kappa shape index (κ2) is 5.19. The zero-order valence-corrected chi connectivity index (χ0v) is 12.8. The average molecular weight is 274 g/mol. The molecule has 4 nitrogen and oxygen atoms in total. The number of nitrogens with two attached hydrogens (primary N) is 1. The molecule has 0 unspecified atom stereocenters. The Balaban J connectivity index is 2.61. The fourth-order valence-electron chi connectivity index (χ4n) is 2.19. The monoisotopic (exact) mass is 274 g/mol. The fraction of sp³-hybridized carbons (Fsp3) is 0.438. The van der Waals surface area contributed by atoms with Crippen molar-refractivity contribution in [3.63, 3.8) is 0 Å². The molecule has 0 atom stereocenters. The van der Waals surface area contributed by atoms with E-state index < -0.39 is 0 Å². The molecular weight excluding hydrogens is 252 g/mol. The van der Waals surface area contributed by atoms with Crippen LogP contribution in [0.3, 0.4) is 0 Å². The topological polar surface area (TPSA) is 61.3 Å². The highest BCUT2D eigenvalue weighted by Crippen LogP contribution is 2.39. The van der Waals surface area contributed by atoms with Crippen molar-refractivity contribution in [1.82, 2.24) is 5.16 Å². The smallest absolute Gasteiger partial charge is 0.230 e. The van der Waals surface area contributed by atoms with Crippen molar-refractivity contribution in [3.8, 4) is 16.9 Å². The predicted molar refractivity (Wildman–Crippen MR) is 81.0 cm³/mol. The number of nitrogen functional groups attached to an aromatic ring is 1. The van der Waals surface area contributed by atoms with E-state index in [2.05, 4.69) is 25.9 Å². The highest BCUT2D eigenvalue weighted by Gasteiger charge is 2.29. The van der Waals surface area contributed by atoms with Gasteiger partial charge in [0.2, 0.25) is 5.88 Å². The van der Waals surface area contributed by atoms with E-state index >= 15 is 0 Å². The quantitative estimate of drug-likeness (QED) is 0.917. The van der Waals surface area contributed by atoms with E-state index in [9.17, 15) is 0 Å². The Bertz CT molecular complexity index is 615. The molecule has 0 radical (unpaired) electrons. The molecular formula is C16H22N2O2. The minimum absolute atomic E-state index is 0.0887. The highest BCUT2D eigenvalue weighted by atomic mass is 16.5. The summed E-state index contributed by atoms with van der Waals surface area (Å²) in [6.45, 7) is 8.42. The van der Waals surface area contributed by atoms with E-state index in [-0.39, 0.29) is 5.41 Å². The lowest BCUT2D eigenvalue weighted by Gasteiger charge is -2.21. The SMILES string of the molecule is CCC(C)(C)c1noc(N)c1-c1ccc(C)c(OC)c1. The van der Waals surface area contributed by atoms with Crippen LogP contribution in [-0.2, 0) is 5.41 Å². The van der Waals surface area contributed by atoms with Crippen LogP contribution < -0.4 is 10.5 Å². The van der Waals surface area contributed by atoms with Crippen molar-refractivity contribution in [2.24, 2.45) is 0 Å². The third-order valence-corrected chi connectivity index (χ3v) is 3.94. The lowest BCUT2D eigenvalue weighted by Crippen LogP contribution is -2.17. The van der Waals surface area contributed by atoms with Crippen molar-refractivity contribution < 1.29 is 9.26 Å². The van der Waals surface area contributed by atoms with Crippen LogP contribution in [0, 0.1) is 6.92 Å². The molecule has 0 saturated carbocycles. The molecule has 1 aromatic carbocycles. The van der Waals surface area contributed by atoms with Crippen molar-refractivity contribution in [2.45, 2.75) is 39.5 Å². The van der Waals surface area contributed by atoms with Crippen LogP contribution in [0.2, 0.25) is 0 Å². The van der Waals surface area contributed by atoms with Gasteiger partial charge in [-0.3, -0.25) is 0 Å². The summed E-state index contributed by atoms with van der Waals surface area (Å²) in [5.41, 5.74) is 9.72. The molecule has 1 aromatic heterocycles. The molecule has 0 fully saturated rings. The molecule has 0 aliphatic heterocycles. The van der Waals surface area contributed by atoms with Crippen LogP contribution in [0.15, 0.2) is 22.7 Å². The highest BCUT2D eigenvalue weighted by molar-refractivity contribution is 5.77. The van der Waals surface area contributed by atoms with Gasteiger partial charge in [0.1, 0.15) is 5.75 Å². The first kappa shape index (κ1) is 14.4. The molecule has 0 saturated heterocycles. The molecule has 0 bridgehead atoms. The maximum absolute atomic E-state index is 5.98. The zero-order valence-electron chi connectivity index (χ0n) is 12.8. The average Bonchev–Trinajstić information content (AvgIpc) is 2.82. The van der Waals surface area contributed by atoms with Gasteiger partial charge in [0.05, 0.1) is 18.4 Å². The summed E-state index contributed by atoms with van der Waals surface area (Å²) in [4.78, 5) is 0. The van der Waals surface area contributed by atoms with Gasteiger partial charge in [-0.2, -0.15) is 0 Å². The molecule has 2 N–H and O–H groups in total. The largest absolute Gasteiger partial charge is 0.496 e. The van der Waals surface area contributed by atoms with Crippen LogP contribution in [-0.4, -0.2) is 12.3 Å². The number of hydrogen-bond acceptors (Lipinski definition) is 4. The van der Waals surface area contributed by atoms with E-state index in [1.165, 1.54) is 0 Å². The first-order valence-electron chi connectivity index (χ1n) is 6.81. The first-order chi connectivity index (χ1) is 9.40. The third kappa shape index (κ3) is 2.38. The van der Waals surface area contributed by atoms with Crippen LogP contribution in [0.1, 0.15) is 38.4 Å². The molecule has 1 heterocycles. The lowest BCUT2D eigenvalue weighted by molar-refractivity contribution is 0.391. The number of aryl methyl sites for hydroxylation is 1. The molecule has 0 amide bonds. The van der Waals surface area contributed by atoms with Gasteiger partial charge >= 0.3 is 0 Å². The number of nitrogens with zero attached hydrogens (tertiary/aromatic N) is 1. The van der Waals surface area contributed by atoms with Gasteiger partial charge in [-0.1, -0.05) is 38.1 Å². The van der Waals surface area contributed by atoms with Crippen molar-refractivity contribution in [2.75, 3.05) is 12.8 Å². The molecule has 2 rings (SSSR count). The number of benzene rings is 1. The molecule has 0 aliphatic rings. The van der Waals surface area contributed by atoms with E-state index in [1.807, 2.05) is 25.1 Å². The Hall–Kier alpha value is -1.97. The first-order valence-corrected chi connectivity index (χ1v) is 6.81. The maximum Gasteiger partial charge on any atom is 0.230 e. The molecule has 20 heavy (non-hydrogen) atoms. The Kier molecular flexibility index (Phi) is 3.75. The minimum atomic E-state index is -0.0887. The summed E-state index contributed by atoms with van der Waals surface area (Å²) in [5, 5.41) is 4.17. The van der Waals surface area contributed by atoms with Gasteiger partial charge < -0.3 is 15.0 Å². The molecule has 108 valence electrons. The van der Waals surface area contributed by atoms with E-state index in [0.717, 1.165) is 34.6 Å². The van der Waals surface area contributed by atoms with Crippen LogP contribution >= 0.6 is 0 Å². The summed E-state index contributed by atoms with van der Waals surface area (Å²) in [6.07, 6.45) is 0.953. The number of aromatic nitrogens is 1. The second-order valence-corrected chi connectivity index (χ2v) is 5.69.